The molecule has 8 heteroatoms. The maximum atomic E-state index is 14.0. The molecule has 3 aromatic carbocycles. The topological polar surface area (TPSA) is 69.7 Å². The van der Waals surface area contributed by atoms with Gasteiger partial charge in [0.1, 0.15) is 19.0 Å². The number of carbonyl (C=O) groups is 1. The first kappa shape index (κ1) is 25.7. The van der Waals surface area contributed by atoms with Gasteiger partial charge in [0, 0.05) is 37.4 Å². The van der Waals surface area contributed by atoms with E-state index in [2.05, 4.69) is 17.0 Å². The highest BCUT2D eigenvalue weighted by Gasteiger charge is 2.32. The van der Waals surface area contributed by atoms with E-state index in [-0.39, 0.29) is 11.9 Å². The van der Waals surface area contributed by atoms with Gasteiger partial charge in [0.05, 0.1) is 26.9 Å². The predicted octanol–water partition coefficient (Wildman–Crippen LogP) is 4.80. The van der Waals surface area contributed by atoms with Gasteiger partial charge in [-0.25, -0.2) is 0 Å². The summed E-state index contributed by atoms with van der Waals surface area (Å²) in [6.07, 6.45) is 1.67. The quantitative estimate of drug-likeness (QED) is 0.425. The molecule has 0 unspecified atom stereocenters. The predicted molar refractivity (Wildman–Crippen MR) is 145 cm³/mol. The number of piperidine rings is 1. The monoisotopic (exact) mass is 518 g/mol. The lowest BCUT2D eigenvalue weighted by Gasteiger charge is -2.39. The molecule has 1 saturated heterocycles. The molecule has 2 aliphatic heterocycles. The van der Waals surface area contributed by atoms with Crippen LogP contribution >= 0.6 is 0 Å². The summed E-state index contributed by atoms with van der Waals surface area (Å²) >= 11 is 0. The number of benzene rings is 3. The third-order valence-electron chi connectivity index (χ3n) is 7.14. The minimum absolute atomic E-state index is 0.0158. The van der Waals surface area contributed by atoms with Gasteiger partial charge in [-0.05, 0) is 54.8 Å². The Kier molecular flexibility index (Phi) is 7.89. The van der Waals surface area contributed by atoms with Gasteiger partial charge in [0.25, 0.3) is 5.91 Å². The highest BCUT2D eigenvalue weighted by molar-refractivity contribution is 6.08. The van der Waals surface area contributed by atoms with Crippen LogP contribution in [0.5, 0.6) is 28.7 Å². The average molecular weight is 519 g/mol. The van der Waals surface area contributed by atoms with Crippen molar-refractivity contribution >= 4 is 11.6 Å². The van der Waals surface area contributed by atoms with Gasteiger partial charge < -0.3 is 28.6 Å². The van der Waals surface area contributed by atoms with Crippen molar-refractivity contribution in [2.24, 2.45) is 0 Å². The molecule has 0 aromatic heterocycles. The molecular formula is C30H34N2O6. The van der Waals surface area contributed by atoms with E-state index in [1.807, 2.05) is 53.4 Å². The fourth-order valence-electron chi connectivity index (χ4n) is 5.20. The van der Waals surface area contributed by atoms with Crippen LogP contribution in [0.4, 0.5) is 5.69 Å². The number of methoxy groups -OCH3 is 3. The molecule has 1 amide bonds. The number of hydrogen-bond donors (Lipinski definition) is 0. The first-order chi connectivity index (χ1) is 18.6. The fourth-order valence-corrected chi connectivity index (χ4v) is 5.20. The molecule has 0 radical (unpaired) electrons. The van der Waals surface area contributed by atoms with Gasteiger partial charge in [-0.3, -0.25) is 9.69 Å². The Balaban J connectivity index is 1.37. The maximum absolute atomic E-state index is 14.0. The second kappa shape index (κ2) is 11.6. The molecule has 3 aromatic rings. The van der Waals surface area contributed by atoms with Crippen molar-refractivity contribution in [3.05, 3.63) is 71.8 Å². The number of amides is 1. The summed E-state index contributed by atoms with van der Waals surface area (Å²) in [4.78, 5) is 18.3. The lowest BCUT2D eigenvalue weighted by atomic mass is 9.99. The normalized spacial score (nSPS) is 15.6. The molecule has 5 rings (SSSR count). The minimum atomic E-state index is -0.0973. The Labute approximate surface area is 223 Å². The van der Waals surface area contributed by atoms with E-state index in [0.717, 1.165) is 49.7 Å². The Hall–Kier alpha value is -3.91. The van der Waals surface area contributed by atoms with Crippen molar-refractivity contribution in [2.75, 3.05) is 52.5 Å². The van der Waals surface area contributed by atoms with E-state index in [4.69, 9.17) is 23.7 Å². The van der Waals surface area contributed by atoms with E-state index in [9.17, 15) is 4.79 Å². The van der Waals surface area contributed by atoms with Gasteiger partial charge in [-0.1, -0.05) is 18.2 Å². The van der Waals surface area contributed by atoms with Crippen LogP contribution < -0.4 is 28.6 Å². The Morgan fingerprint density at radius 1 is 0.842 bits per heavy atom. The fraction of sp³-hybridized carbons (Fsp3) is 0.367. The van der Waals surface area contributed by atoms with Crippen LogP contribution in [0.25, 0.3) is 0 Å². The number of carbonyl (C=O) groups excluding carboxylic acids is 1. The molecule has 2 aliphatic rings. The van der Waals surface area contributed by atoms with Crippen LogP contribution in [0.2, 0.25) is 0 Å². The first-order valence-electron chi connectivity index (χ1n) is 12.9. The van der Waals surface area contributed by atoms with Gasteiger partial charge in [0.15, 0.2) is 23.0 Å². The molecule has 2 heterocycles. The molecule has 0 N–H and O–H groups in total. The number of para-hydroxylation sites is 1. The number of nitrogens with zero attached hydrogens (tertiary/aromatic N) is 2. The zero-order valence-electron chi connectivity index (χ0n) is 22.1. The molecule has 38 heavy (non-hydrogen) atoms. The van der Waals surface area contributed by atoms with Crippen molar-refractivity contribution in [2.45, 2.75) is 25.4 Å². The third kappa shape index (κ3) is 5.36. The summed E-state index contributed by atoms with van der Waals surface area (Å²) in [7, 11) is 4.79. The molecule has 0 saturated carbocycles. The van der Waals surface area contributed by atoms with E-state index >= 15 is 0 Å². The SMILES string of the molecule is COc1ccc(N(C(=O)c2ccccc2OC)C2CCN(Cc3ccc4c(c3)OCCO4)CC2)cc1OC. The molecule has 8 nitrogen and oxygen atoms in total. The van der Waals surface area contributed by atoms with Crippen LogP contribution in [0.3, 0.4) is 0 Å². The largest absolute Gasteiger partial charge is 0.496 e. The summed E-state index contributed by atoms with van der Waals surface area (Å²) in [6.45, 7) is 3.71. The standard InChI is InChI=1S/C30H34N2O6/c1-34-25-7-5-4-6-24(25)30(33)32(23-9-11-26(35-2)28(19-23)36-3)22-12-14-31(15-13-22)20-21-8-10-27-29(18-21)38-17-16-37-27/h4-11,18-19,22H,12-17,20H2,1-3H3. The Morgan fingerprint density at radius 3 is 2.29 bits per heavy atom. The van der Waals surface area contributed by atoms with Crippen molar-refractivity contribution < 1.29 is 28.5 Å². The molecule has 1 fully saturated rings. The van der Waals surface area contributed by atoms with Crippen LogP contribution in [-0.4, -0.2) is 64.5 Å². The maximum Gasteiger partial charge on any atom is 0.262 e. The van der Waals surface area contributed by atoms with Crippen LogP contribution in [-0.2, 0) is 6.54 Å². The minimum Gasteiger partial charge on any atom is -0.496 e. The number of anilines is 1. The van der Waals surface area contributed by atoms with E-state index in [0.29, 0.717) is 36.0 Å². The zero-order valence-corrected chi connectivity index (χ0v) is 22.1. The van der Waals surface area contributed by atoms with E-state index in [1.165, 1.54) is 5.56 Å². The van der Waals surface area contributed by atoms with Crippen molar-refractivity contribution in [3.8, 4) is 28.7 Å². The lowest BCUT2D eigenvalue weighted by Crippen LogP contribution is -2.47. The lowest BCUT2D eigenvalue weighted by molar-refractivity contribution is 0.0955. The summed E-state index contributed by atoms with van der Waals surface area (Å²) in [5, 5.41) is 0. The van der Waals surface area contributed by atoms with Crippen molar-refractivity contribution in [1.82, 2.24) is 4.90 Å². The number of fused-ring (bicyclic) bond motifs is 1. The third-order valence-corrected chi connectivity index (χ3v) is 7.14. The second-order valence-corrected chi connectivity index (χ2v) is 9.40. The molecule has 0 bridgehead atoms. The van der Waals surface area contributed by atoms with Crippen LogP contribution in [0, 0.1) is 0 Å². The first-order valence-corrected chi connectivity index (χ1v) is 12.9. The number of hydrogen-bond acceptors (Lipinski definition) is 7. The molecular weight excluding hydrogens is 484 g/mol. The van der Waals surface area contributed by atoms with Gasteiger partial charge in [-0.2, -0.15) is 0 Å². The number of likely N-dealkylation sites (tertiary alicyclic amines) is 1. The van der Waals surface area contributed by atoms with Crippen LogP contribution in [0.1, 0.15) is 28.8 Å². The summed E-state index contributed by atoms with van der Waals surface area (Å²) in [5.74, 6) is 3.28. The molecule has 200 valence electrons. The Bertz CT molecular complexity index is 1270. The van der Waals surface area contributed by atoms with Gasteiger partial charge in [0.2, 0.25) is 0 Å². The van der Waals surface area contributed by atoms with Crippen LogP contribution in [0.15, 0.2) is 60.7 Å². The summed E-state index contributed by atoms with van der Waals surface area (Å²) in [5.41, 5.74) is 2.49. The van der Waals surface area contributed by atoms with Crippen molar-refractivity contribution in [3.63, 3.8) is 0 Å². The molecule has 0 aliphatic carbocycles. The van der Waals surface area contributed by atoms with Gasteiger partial charge in [-0.15, -0.1) is 0 Å². The van der Waals surface area contributed by atoms with Gasteiger partial charge >= 0.3 is 0 Å². The Morgan fingerprint density at radius 2 is 1.55 bits per heavy atom. The average Bonchev–Trinajstić information content (AvgIpc) is 2.97. The smallest absolute Gasteiger partial charge is 0.262 e. The van der Waals surface area contributed by atoms with E-state index in [1.54, 1.807) is 21.3 Å². The summed E-state index contributed by atoms with van der Waals surface area (Å²) in [6, 6.07) is 19.1. The second-order valence-electron chi connectivity index (χ2n) is 9.40. The van der Waals surface area contributed by atoms with Crippen molar-refractivity contribution in [1.29, 1.82) is 0 Å². The zero-order chi connectivity index (χ0) is 26.5. The molecule has 0 spiro atoms. The molecule has 0 atom stereocenters. The highest BCUT2D eigenvalue weighted by Crippen LogP contribution is 2.36. The highest BCUT2D eigenvalue weighted by atomic mass is 16.6. The summed E-state index contributed by atoms with van der Waals surface area (Å²) < 4.78 is 27.9. The number of rotatable bonds is 8. The number of ether oxygens (including phenoxy) is 5. The van der Waals surface area contributed by atoms with E-state index < -0.39 is 0 Å².